The van der Waals surface area contributed by atoms with Crippen LogP contribution in [0.15, 0.2) is 29.2 Å². The Morgan fingerprint density at radius 3 is 2.12 bits per heavy atom. The van der Waals surface area contributed by atoms with E-state index in [9.17, 15) is 8.42 Å². The Labute approximate surface area is 148 Å². The van der Waals surface area contributed by atoms with Crippen molar-refractivity contribution in [2.45, 2.75) is 69.8 Å². The lowest BCUT2D eigenvalue weighted by Gasteiger charge is -2.39. The molecule has 0 spiro atoms. The molecule has 134 valence electrons. The Morgan fingerprint density at radius 2 is 1.71 bits per heavy atom. The summed E-state index contributed by atoms with van der Waals surface area (Å²) in [6.07, 6.45) is 5.16. The van der Waals surface area contributed by atoms with Gasteiger partial charge in [0.05, 0.1) is 11.0 Å². The lowest BCUT2D eigenvalue weighted by molar-refractivity contribution is 0.182. The number of hydrogen-bond acceptors (Lipinski definition) is 3. The Balaban J connectivity index is 2.94. The van der Waals surface area contributed by atoms with E-state index in [2.05, 4.69) is 44.5 Å². The molecule has 0 saturated carbocycles. The molecule has 0 fully saturated rings. The van der Waals surface area contributed by atoms with Crippen molar-refractivity contribution < 1.29 is 12.8 Å². The summed E-state index contributed by atoms with van der Waals surface area (Å²) in [7, 11) is -5.72. The van der Waals surface area contributed by atoms with E-state index < -0.39 is 30.5 Å². The predicted molar refractivity (Wildman–Crippen MR) is 102 cm³/mol. The summed E-state index contributed by atoms with van der Waals surface area (Å²) in [6, 6.07) is 5.95. The molecular weight excluding hydrogens is 338 g/mol. The van der Waals surface area contributed by atoms with Crippen molar-refractivity contribution in [3.63, 3.8) is 0 Å². The minimum Gasteiger partial charge on any atom is -0.412 e. The largest absolute Gasteiger partial charge is 0.412 e. The second-order valence-electron chi connectivity index (χ2n) is 7.66. The first kappa shape index (κ1) is 20.9. The van der Waals surface area contributed by atoms with Crippen molar-refractivity contribution >= 4 is 18.3 Å². The van der Waals surface area contributed by atoms with Crippen LogP contribution >= 0.6 is 0 Å². The van der Waals surface area contributed by atoms with Gasteiger partial charge in [-0.25, -0.2) is 8.42 Å². The molecule has 6 heteroatoms. The molecule has 0 unspecified atom stereocenters. The molecule has 0 aliphatic heterocycles. The number of nitrogens with one attached hydrogen (secondary N) is 1. The van der Waals surface area contributed by atoms with Crippen molar-refractivity contribution in [2.24, 2.45) is 0 Å². The molecule has 2 atom stereocenters. The SMILES string of the molecule is C#C[C@H](NS(=O)(=O)c1ccc(C)cc1)[C@@H](C)O[Si](C)(C)C(C)(C)C. The van der Waals surface area contributed by atoms with Crippen LogP contribution in [0.3, 0.4) is 0 Å². The minimum absolute atomic E-state index is 0.0240. The summed E-state index contributed by atoms with van der Waals surface area (Å²) >= 11 is 0. The molecule has 0 aromatic heterocycles. The highest BCUT2D eigenvalue weighted by molar-refractivity contribution is 7.89. The zero-order chi connectivity index (χ0) is 18.8. The maximum atomic E-state index is 12.5. The number of aryl methyl sites for hydroxylation is 1. The van der Waals surface area contributed by atoms with E-state index in [1.54, 1.807) is 24.3 Å². The summed E-state index contributed by atoms with van der Waals surface area (Å²) < 4.78 is 33.9. The molecule has 0 saturated heterocycles. The summed E-state index contributed by atoms with van der Waals surface area (Å²) in [6.45, 7) is 14.4. The monoisotopic (exact) mass is 367 g/mol. The molecule has 24 heavy (non-hydrogen) atoms. The van der Waals surface area contributed by atoms with Crippen LogP contribution in [0.5, 0.6) is 0 Å². The lowest BCUT2D eigenvalue weighted by Crippen LogP contribution is -2.50. The quantitative estimate of drug-likeness (QED) is 0.616. The van der Waals surface area contributed by atoms with Crippen molar-refractivity contribution in [1.29, 1.82) is 0 Å². The number of hydrogen-bond donors (Lipinski definition) is 1. The molecule has 0 heterocycles. The van der Waals surface area contributed by atoms with Crippen molar-refractivity contribution in [2.75, 3.05) is 0 Å². The van der Waals surface area contributed by atoms with Gasteiger partial charge < -0.3 is 4.43 Å². The Bertz CT molecular complexity index is 697. The van der Waals surface area contributed by atoms with E-state index >= 15 is 0 Å². The van der Waals surface area contributed by atoms with Crippen LogP contribution in [0.1, 0.15) is 33.3 Å². The number of benzene rings is 1. The highest BCUT2D eigenvalue weighted by atomic mass is 32.2. The normalized spacial score (nSPS) is 15.6. The van der Waals surface area contributed by atoms with E-state index in [0.717, 1.165) is 5.56 Å². The lowest BCUT2D eigenvalue weighted by atomic mass is 10.2. The van der Waals surface area contributed by atoms with Gasteiger partial charge in [0.25, 0.3) is 0 Å². The molecule has 4 nitrogen and oxygen atoms in total. The summed E-state index contributed by atoms with van der Waals surface area (Å²) in [5.74, 6) is 2.52. The van der Waals surface area contributed by atoms with E-state index in [-0.39, 0.29) is 9.93 Å². The predicted octanol–water partition coefficient (Wildman–Crippen LogP) is 3.69. The summed E-state index contributed by atoms with van der Waals surface area (Å²) in [5, 5.41) is 0.0240. The van der Waals surface area contributed by atoms with Gasteiger partial charge in [-0.15, -0.1) is 6.42 Å². The molecular formula is C18H29NO3SSi. The van der Waals surface area contributed by atoms with Crippen LogP contribution < -0.4 is 4.72 Å². The second kappa shape index (κ2) is 7.40. The fourth-order valence-electron chi connectivity index (χ4n) is 1.93. The van der Waals surface area contributed by atoms with Crippen LogP contribution in [-0.2, 0) is 14.4 Å². The van der Waals surface area contributed by atoms with Crippen LogP contribution in [0.25, 0.3) is 0 Å². The fourth-order valence-corrected chi connectivity index (χ4v) is 4.57. The average Bonchev–Trinajstić information content (AvgIpc) is 2.43. The third kappa shape index (κ3) is 5.18. The Morgan fingerprint density at radius 1 is 1.21 bits per heavy atom. The van der Waals surface area contributed by atoms with E-state index in [4.69, 9.17) is 10.8 Å². The van der Waals surface area contributed by atoms with Crippen LogP contribution in [0.2, 0.25) is 18.1 Å². The van der Waals surface area contributed by atoms with Crippen LogP contribution in [0, 0.1) is 19.3 Å². The van der Waals surface area contributed by atoms with Gasteiger partial charge in [-0.05, 0) is 44.1 Å². The topological polar surface area (TPSA) is 55.4 Å². The first-order valence-electron chi connectivity index (χ1n) is 8.03. The van der Waals surface area contributed by atoms with Gasteiger partial charge in [0.2, 0.25) is 10.0 Å². The van der Waals surface area contributed by atoms with Crippen LogP contribution in [-0.4, -0.2) is 28.9 Å². The molecule has 1 N–H and O–H groups in total. The van der Waals surface area contributed by atoms with Gasteiger partial charge in [-0.3, -0.25) is 0 Å². The van der Waals surface area contributed by atoms with E-state index in [1.165, 1.54) is 0 Å². The number of rotatable bonds is 6. The first-order valence-corrected chi connectivity index (χ1v) is 12.4. The molecule has 0 aliphatic rings. The van der Waals surface area contributed by atoms with Gasteiger partial charge in [-0.2, -0.15) is 4.72 Å². The first-order chi connectivity index (χ1) is 10.8. The van der Waals surface area contributed by atoms with Gasteiger partial charge in [0.15, 0.2) is 8.32 Å². The molecule has 1 rings (SSSR count). The maximum Gasteiger partial charge on any atom is 0.241 e. The number of sulfonamides is 1. The molecule has 0 amide bonds. The standard InChI is InChI=1S/C18H29NO3SSi/c1-9-17(15(3)22-24(7,8)18(4,5)6)19-23(20,21)16-12-10-14(2)11-13-16/h1,10-13,15,17,19H,2-8H3/t15-,17+/m1/s1. The Kier molecular flexibility index (Phi) is 6.45. The molecule has 0 aliphatic carbocycles. The molecule has 0 bridgehead atoms. The zero-order valence-electron chi connectivity index (χ0n) is 15.7. The highest BCUT2D eigenvalue weighted by Gasteiger charge is 2.40. The smallest absolute Gasteiger partial charge is 0.241 e. The number of terminal acetylenes is 1. The maximum absolute atomic E-state index is 12.5. The third-order valence-electron chi connectivity index (χ3n) is 4.55. The molecule has 0 radical (unpaired) electrons. The van der Waals surface area contributed by atoms with Crippen LogP contribution in [0.4, 0.5) is 0 Å². The molecule has 1 aromatic carbocycles. The van der Waals surface area contributed by atoms with Crippen molar-refractivity contribution in [3.8, 4) is 12.3 Å². The van der Waals surface area contributed by atoms with Gasteiger partial charge in [0.1, 0.15) is 6.04 Å². The molecule has 1 aromatic rings. The third-order valence-corrected chi connectivity index (χ3v) is 10.6. The minimum atomic E-state index is -3.68. The van der Waals surface area contributed by atoms with E-state index in [1.807, 2.05) is 13.8 Å². The van der Waals surface area contributed by atoms with Crippen molar-refractivity contribution in [1.82, 2.24) is 4.72 Å². The highest BCUT2D eigenvalue weighted by Crippen LogP contribution is 2.37. The zero-order valence-corrected chi connectivity index (χ0v) is 17.5. The summed E-state index contributed by atoms with van der Waals surface area (Å²) in [4.78, 5) is 0.202. The fraction of sp³-hybridized carbons (Fsp3) is 0.556. The Hall–Kier alpha value is -1.13. The second-order valence-corrected chi connectivity index (χ2v) is 14.1. The van der Waals surface area contributed by atoms with E-state index in [0.29, 0.717) is 0 Å². The summed E-state index contributed by atoms with van der Waals surface area (Å²) in [5.41, 5.74) is 0.997. The van der Waals surface area contributed by atoms with Gasteiger partial charge >= 0.3 is 0 Å². The van der Waals surface area contributed by atoms with Gasteiger partial charge in [0, 0.05) is 0 Å². The van der Waals surface area contributed by atoms with Crippen molar-refractivity contribution in [3.05, 3.63) is 29.8 Å². The average molecular weight is 368 g/mol. The van der Waals surface area contributed by atoms with Gasteiger partial charge in [-0.1, -0.05) is 44.4 Å².